The maximum Gasteiger partial charge on any atom is 1.00 e. The molecule has 0 N–H and O–H groups in total. The number of carbonyl (C=O) groups excluding carboxylic acids is 1. The molecule has 27 heavy (non-hydrogen) atoms. The van der Waals surface area contributed by atoms with Crippen LogP contribution in [0.25, 0.3) is 10.4 Å². The summed E-state index contributed by atoms with van der Waals surface area (Å²) in [7, 11) is -2.97. The van der Waals surface area contributed by atoms with Crippen LogP contribution in [0.2, 0.25) is 10.0 Å². The van der Waals surface area contributed by atoms with E-state index in [1.165, 1.54) is 35.9 Å². The molecule has 0 bridgehead atoms. The first-order chi connectivity index (χ1) is 12.2. The van der Waals surface area contributed by atoms with Crippen LogP contribution >= 0.6 is 23.2 Å². The Kier molecular flexibility index (Phi) is 6.83. The van der Waals surface area contributed by atoms with Crippen LogP contribution in [0.4, 0.5) is 0 Å². The zero-order valence-corrected chi connectivity index (χ0v) is 18.9. The van der Waals surface area contributed by atoms with Gasteiger partial charge in [0, 0.05) is 12.4 Å². The van der Waals surface area contributed by atoms with Crippen molar-refractivity contribution in [3.8, 4) is 5.75 Å². The van der Waals surface area contributed by atoms with Crippen LogP contribution in [-0.4, -0.2) is 30.8 Å². The zero-order chi connectivity index (χ0) is 19.1. The second-order valence-corrected chi connectivity index (χ2v) is 7.78. The Balaban J connectivity index is 0.00000261. The maximum absolute atomic E-state index is 12.5. The summed E-state index contributed by atoms with van der Waals surface area (Å²) in [5, 5.41) is 0.263. The number of methoxy groups -OCH3 is 1. The van der Waals surface area contributed by atoms with Crippen molar-refractivity contribution in [2.24, 2.45) is 0 Å². The van der Waals surface area contributed by atoms with Gasteiger partial charge in [-0.2, -0.15) is 0 Å². The van der Waals surface area contributed by atoms with Crippen LogP contribution in [0.5, 0.6) is 5.75 Å². The van der Waals surface area contributed by atoms with Crippen molar-refractivity contribution >= 4 is 44.8 Å². The molecule has 1 aromatic carbocycles. The molecule has 136 valence electrons. The van der Waals surface area contributed by atoms with E-state index in [1.807, 2.05) is 6.92 Å². The van der Waals surface area contributed by atoms with Gasteiger partial charge in [-0.3, -0.25) is 0 Å². The van der Waals surface area contributed by atoms with Gasteiger partial charge in [0.15, 0.2) is 5.65 Å². The molecule has 0 aliphatic carbocycles. The quantitative estimate of drug-likeness (QED) is 0.566. The molecule has 1 amide bonds. The van der Waals surface area contributed by atoms with Crippen LogP contribution in [0, 0.1) is 6.92 Å². The molecule has 0 aliphatic rings. The van der Waals surface area contributed by atoms with Gasteiger partial charge in [-0.1, -0.05) is 23.2 Å². The standard InChI is InChI=1S/C16H13Cl2N3O4S.Na/c1-9-5-12(18)15-19-13(8-21(15)7-9)16(22)20-26(23,24)14-6-10(25-2)3-4-11(14)17;/h3-8H,1-2H3,(H,20,22);/q;+1/p-1. The van der Waals surface area contributed by atoms with Gasteiger partial charge >= 0.3 is 29.6 Å². The van der Waals surface area contributed by atoms with Gasteiger partial charge in [0.1, 0.15) is 27.4 Å². The molecule has 3 rings (SSSR count). The first-order valence-corrected chi connectivity index (χ1v) is 9.41. The van der Waals surface area contributed by atoms with Crippen LogP contribution in [-0.2, 0) is 10.0 Å². The monoisotopic (exact) mass is 435 g/mol. The number of amides is 1. The van der Waals surface area contributed by atoms with Crippen molar-refractivity contribution in [3.63, 3.8) is 0 Å². The van der Waals surface area contributed by atoms with Crippen molar-refractivity contribution < 1.29 is 47.5 Å². The number of hydrogen-bond acceptors (Lipinski definition) is 5. The molecule has 7 nitrogen and oxygen atoms in total. The van der Waals surface area contributed by atoms with Gasteiger partial charge in [-0.05, 0) is 36.8 Å². The van der Waals surface area contributed by atoms with E-state index in [0.717, 1.165) is 5.56 Å². The summed E-state index contributed by atoms with van der Waals surface area (Å²) in [6.07, 6.45) is 3.07. The average Bonchev–Trinajstić information content (AvgIpc) is 2.99. The van der Waals surface area contributed by atoms with E-state index in [1.54, 1.807) is 12.3 Å². The van der Waals surface area contributed by atoms with Crippen molar-refractivity contribution in [2.75, 3.05) is 7.11 Å². The molecule has 0 spiro atoms. The number of ether oxygens (including phenoxy) is 1. The van der Waals surface area contributed by atoms with Crippen LogP contribution in [0.1, 0.15) is 16.1 Å². The normalized spacial score (nSPS) is 11.1. The van der Waals surface area contributed by atoms with Gasteiger partial charge < -0.3 is 18.7 Å². The summed E-state index contributed by atoms with van der Waals surface area (Å²) in [5.74, 6) is -0.757. The fourth-order valence-corrected chi connectivity index (χ4v) is 4.02. The Hall–Kier alpha value is -1.29. The van der Waals surface area contributed by atoms with E-state index >= 15 is 0 Å². The number of carbonyl (C=O) groups is 1. The number of sulfonamides is 1. The number of nitrogens with zero attached hydrogens (tertiary/aromatic N) is 3. The third-order valence-corrected chi connectivity index (χ3v) is 5.50. The predicted molar refractivity (Wildman–Crippen MR) is 97.8 cm³/mol. The Morgan fingerprint density at radius 2 is 1.89 bits per heavy atom. The predicted octanol–water partition coefficient (Wildman–Crippen LogP) is 0.865. The number of benzene rings is 1. The molecule has 2 heterocycles. The Morgan fingerprint density at radius 3 is 2.56 bits per heavy atom. The molecule has 0 radical (unpaired) electrons. The largest absolute Gasteiger partial charge is 1.00 e. The Morgan fingerprint density at radius 1 is 1.19 bits per heavy atom. The number of fused-ring (bicyclic) bond motifs is 1. The summed E-state index contributed by atoms with van der Waals surface area (Å²) < 4.78 is 34.7. The fraction of sp³-hybridized carbons (Fsp3) is 0.125. The number of halogens is 2. The van der Waals surface area contributed by atoms with E-state index in [9.17, 15) is 13.2 Å². The minimum Gasteiger partial charge on any atom is -0.536 e. The second kappa shape index (κ2) is 8.38. The van der Waals surface area contributed by atoms with E-state index in [0.29, 0.717) is 10.7 Å². The minimum absolute atomic E-state index is 0. The van der Waals surface area contributed by atoms with Gasteiger partial charge in [0.05, 0.1) is 22.1 Å². The number of imidazole rings is 1. The van der Waals surface area contributed by atoms with Crippen molar-refractivity contribution in [3.05, 3.63) is 62.7 Å². The second-order valence-electron chi connectivity index (χ2n) is 5.39. The molecule has 0 atom stereocenters. The number of aromatic nitrogens is 2. The molecule has 0 aliphatic heterocycles. The van der Waals surface area contributed by atoms with Crippen molar-refractivity contribution in [1.29, 1.82) is 0 Å². The number of pyridine rings is 1. The molecule has 2 aromatic heterocycles. The first kappa shape index (κ1) is 22.0. The van der Waals surface area contributed by atoms with Gasteiger partial charge in [0.2, 0.25) is 0 Å². The smallest absolute Gasteiger partial charge is 0.536 e. The summed E-state index contributed by atoms with van der Waals surface area (Å²) in [6, 6.07) is 5.72. The van der Waals surface area contributed by atoms with Gasteiger partial charge in [-0.15, -0.1) is 0 Å². The average molecular weight is 436 g/mol. The first-order valence-electron chi connectivity index (χ1n) is 7.22. The van der Waals surface area contributed by atoms with Crippen molar-refractivity contribution in [1.82, 2.24) is 9.38 Å². The van der Waals surface area contributed by atoms with E-state index < -0.39 is 15.9 Å². The molecule has 0 saturated heterocycles. The van der Waals surface area contributed by atoms with Crippen LogP contribution in [0.3, 0.4) is 0 Å². The zero-order valence-electron chi connectivity index (χ0n) is 14.6. The van der Waals surface area contributed by atoms with Crippen molar-refractivity contribution in [2.45, 2.75) is 11.8 Å². The van der Waals surface area contributed by atoms with E-state index in [2.05, 4.69) is 9.71 Å². The summed E-state index contributed by atoms with van der Waals surface area (Å²) in [4.78, 5) is 16.0. The molecular formula is C16H12Cl2N3NaO4S. The number of aryl methyl sites for hydroxylation is 1. The van der Waals surface area contributed by atoms with E-state index in [4.69, 9.17) is 27.9 Å². The maximum atomic E-state index is 12.5. The molecule has 11 heteroatoms. The molecule has 0 saturated carbocycles. The molecular weight excluding hydrogens is 424 g/mol. The van der Waals surface area contributed by atoms with E-state index in [-0.39, 0.29) is 50.9 Å². The number of rotatable bonds is 4. The minimum atomic E-state index is -4.35. The number of hydrogen-bond donors (Lipinski definition) is 0. The van der Waals surface area contributed by atoms with Gasteiger partial charge in [0.25, 0.3) is 0 Å². The Bertz CT molecular complexity index is 1130. The molecule has 0 unspecified atom stereocenters. The summed E-state index contributed by atoms with van der Waals surface area (Å²) >= 11 is 12.0. The SMILES string of the molecule is COc1ccc(Cl)c(S(=O)(=O)[N-]C(=O)c2cn3cc(C)cc(Cl)c3n2)c1.[Na+]. The Labute approximate surface area is 188 Å². The molecule has 0 fully saturated rings. The van der Waals surface area contributed by atoms with Crippen LogP contribution < -0.4 is 34.3 Å². The third-order valence-electron chi connectivity index (χ3n) is 3.48. The topological polar surface area (TPSA) is 91.8 Å². The summed E-state index contributed by atoms with van der Waals surface area (Å²) in [5.41, 5.74) is 1.03. The summed E-state index contributed by atoms with van der Waals surface area (Å²) in [6.45, 7) is 1.83. The van der Waals surface area contributed by atoms with Gasteiger partial charge in [-0.25, -0.2) is 13.4 Å². The third kappa shape index (κ3) is 4.59. The van der Waals surface area contributed by atoms with Crippen LogP contribution in [0.15, 0.2) is 41.6 Å². The fourth-order valence-electron chi connectivity index (χ4n) is 2.31. The molecule has 3 aromatic rings.